The number of halogens is 3. The number of carbonyl (C=O) groups is 1. The largest absolute Gasteiger partial charge is 0.397 e. The number of amides is 1. The highest BCUT2D eigenvalue weighted by Crippen LogP contribution is 2.31. The van der Waals surface area contributed by atoms with Crippen molar-refractivity contribution in [1.29, 1.82) is 0 Å². The number of alkyl halides is 3. The maximum absolute atomic E-state index is 12.0. The van der Waals surface area contributed by atoms with Crippen molar-refractivity contribution in [3.63, 3.8) is 0 Å². The molecule has 0 aliphatic carbocycles. The molecular formula is C12H12F3N3OS. The van der Waals surface area contributed by atoms with Crippen molar-refractivity contribution in [3.05, 3.63) is 23.2 Å². The van der Waals surface area contributed by atoms with Crippen LogP contribution in [0.4, 0.5) is 18.9 Å². The molecule has 0 radical (unpaired) electrons. The Labute approximate surface area is 116 Å². The molecule has 108 valence electrons. The van der Waals surface area contributed by atoms with Crippen molar-refractivity contribution in [1.82, 2.24) is 10.3 Å². The van der Waals surface area contributed by atoms with E-state index in [1.54, 1.807) is 18.3 Å². The summed E-state index contributed by atoms with van der Waals surface area (Å²) in [6.45, 7) is -0.0422. The van der Waals surface area contributed by atoms with E-state index in [1.807, 2.05) is 0 Å². The fourth-order valence-corrected chi connectivity index (χ4v) is 2.67. The highest BCUT2D eigenvalue weighted by molar-refractivity contribution is 7.21. The van der Waals surface area contributed by atoms with Gasteiger partial charge < -0.3 is 11.1 Å². The van der Waals surface area contributed by atoms with Crippen LogP contribution in [0.25, 0.3) is 10.2 Å². The highest BCUT2D eigenvalue weighted by atomic mass is 32.1. The second-order valence-corrected chi connectivity index (χ2v) is 5.17. The van der Waals surface area contributed by atoms with Gasteiger partial charge in [-0.2, -0.15) is 13.2 Å². The minimum Gasteiger partial charge on any atom is -0.397 e. The molecule has 4 nitrogen and oxygen atoms in total. The molecule has 0 spiro atoms. The van der Waals surface area contributed by atoms with Crippen LogP contribution in [0.2, 0.25) is 0 Å². The molecule has 3 N–H and O–H groups in total. The summed E-state index contributed by atoms with van der Waals surface area (Å²) >= 11 is 1.13. The predicted octanol–water partition coefficient (Wildman–Crippen LogP) is 2.95. The van der Waals surface area contributed by atoms with E-state index >= 15 is 0 Å². The lowest BCUT2D eigenvalue weighted by molar-refractivity contribution is -0.135. The molecule has 20 heavy (non-hydrogen) atoms. The fraction of sp³-hybridized carbons (Fsp3) is 0.333. The van der Waals surface area contributed by atoms with E-state index in [9.17, 15) is 18.0 Å². The van der Waals surface area contributed by atoms with Crippen LogP contribution >= 0.6 is 11.3 Å². The molecule has 0 aromatic carbocycles. The van der Waals surface area contributed by atoms with Gasteiger partial charge in [0.2, 0.25) is 0 Å². The van der Waals surface area contributed by atoms with Crippen molar-refractivity contribution in [2.45, 2.75) is 19.0 Å². The lowest BCUT2D eigenvalue weighted by Crippen LogP contribution is -2.25. The lowest BCUT2D eigenvalue weighted by Gasteiger charge is -2.07. The van der Waals surface area contributed by atoms with E-state index in [4.69, 9.17) is 5.73 Å². The summed E-state index contributed by atoms with van der Waals surface area (Å²) in [5, 5.41) is 3.12. The third-order valence-corrected chi connectivity index (χ3v) is 3.76. The summed E-state index contributed by atoms with van der Waals surface area (Å²) in [5.74, 6) is -0.465. The van der Waals surface area contributed by atoms with Crippen molar-refractivity contribution >= 4 is 33.1 Å². The molecule has 2 rings (SSSR count). The number of nitrogen functional groups attached to an aromatic ring is 1. The molecule has 2 heterocycles. The first kappa shape index (κ1) is 14.6. The normalized spacial score (nSPS) is 11.8. The third kappa shape index (κ3) is 3.38. The van der Waals surface area contributed by atoms with Gasteiger partial charge in [0.15, 0.2) is 0 Å². The maximum Gasteiger partial charge on any atom is 0.389 e. The van der Waals surface area contributed by atoms with E-state index in [0.29, 0.717) is 15.9 Å². The number of anilines is 1. The van der Waals surface area contributed by atoms with Gasteiger partial charge in [-0.3, -0.25) is 4.79 Å². The van der Waals surface area contributed by atoms with E-state index in [2.05, 4.69) is 10.3 Å². The molecule has 0 saturated heterocycles. The highest BCUT2D eigenvalue weighted by Gasteiger charge is 2.26. The summed E-state index contributed by atoms with van der Waals surface area (Å²) in [4.78, 5) is 16.9. The topological polar surface area (TPSA) is 68.0 Å². The molecule has 0 bridgehead atoms. The number of rotatable bonds is 4. The van der Waals surface area contributed by atoms with Crippen molar-refractivity contribution in [2.24, 2.45) is 0 Å². The Kier molecular flexibility index (Phi) is 4.12. The van der Waals surface area contributed by atoms with Gasteiger partial charge in [-0.05, 0) is 18.6 Å². The molecule has 0 fully saturated rings. The minimum absolute atomic E-state index is 0.0422. The fourth-order valence-electron chi connectivity index (χ4n) is 1.69. The Morgan fingerprint density at radius 2 is 2.20 bits per heavy atom. The predicted molar refractivity (Wildman–Crippen MR) is 71.7 cm³/mol. The van der Waals surface area contributed by atoms with E-state index < -0.39 is 18.5 Å². The smallest absolute Gasteiger partial charge is 0.389 e. The molecular weight excluding hydrogens is 291 g/mol. The second kappa shape index (κ2) is 5.66. The van der Waals surface area contributed by atoms with Gasteiger partial charge in [-0.25, -0.2) is 4.98 Å². The van der Waals surface area contributed by atoms with Gasteiger partial charge in [0, 0.05) is 24.5 Å². The van der Waals surface area contributed by atoms with Gasteiger partial charge in [-0.15, -0.1) is 11.3 Å². The van der Waals surface area contributed by atoms with Crippen LogP contribution in [0, 0.1) is 0 Å². The summed E-state index contributed by atoms with van der Waals surface area (Å²) < 4.78 is 35.9. The van der Waals surface area contributed by atoms with Crippen molar-refractivity contribution < 1.29 is 18.0 Å². The average molecular weight is 303 g/mol. The zero-order valence-electron chi connectivity index (χ0n) is 10.3. The molecule has 1 amide bonds. The Morgan fingerprint density at radius 1 is 1.45 bits per heavy atom. The first-order chi connectivity index (χ1) is 9.38. The SMILES string of the molecule is Nc1c(C(=O)NCCCC(F)(F)F)sc2ncccc12. The first-order valence-electron chi connectivity index (χ1n) is 5.86. The van der Waals surface area contributed by atoms with Crippen LogP contribution < -0.4 is 11.1 Å². The number of nitrogens with two attached hydrogens (primary N) is 1. The first-order valence-corrected chi connectivity index (χ1v) is 6.68. The van der Waals surface area contributed by atoms with Crippen LogP contribution in [0.3, 0.4) is 0 Å². The number of hydrogen-bond donors (Lipinski definition) is 2. The standard InChI is InChI=1S/C12H12F3N3OS/c13-12(14,15)4-2-6-17-10(19)9-8(16)7-3-1-5-18-11(7)20-9/h1,3,5H,2,4,6,16H2,(H,17,19). The number of nitrogens with one attached hydrogen (secondary N) is 1. The molecule has 2 aromatic rings. The van der Waals surface area contributed by atoms with Crippen LogP contribution in [-0.2, 0) is 0 Å². The van der Waals surface area contributed by atoms with Crippen LogP contribution in [0.5, 0.6) is 0 Å². The minimum atomic E-state index is -4.20. The van der Waals surface area contributed by atoms with Gasteiger partial charge in [0.1, 0.15) is 9.71 Å². The Bertz CT molecular complexity index is 624. The number of nitrogens with zero attached hydrogens (tertiary/aromatic N) is 1. The summed E-state index contributed by atoms with van der Waals surface area (Å²) in [5.41, 5.74) is 6.15. The Balaban J connectivity index is 1.99. The lowest BCUT2D eigenvalue weighted by atomic mass is 10.2. The van der Waals surface area contributed by atoms with Crippen molar-refractivity contribution in [2.75, 3.05) is 12.3 Å². The summed E-state index contributed by atoms with van der Waals surface area (Å²) in [6.07, 6.45) is -3.69. The van der Waals surface area contributed by atoms with Gasteiger partial charge in [0.05, 0.1) is 5.69 Å². The molecule has 0 unspecified atom stereocenters. The van der Waals surface area contributed by atoms with E-state index in [0.717, 1.165) is 11.3 Å². The summed E-state index contributed by atoms with van der Waals surface area (Å²) in [6, 6.07) is 3.45. The third-order valence-electron chi connectivity index (χ3n) is 2.63. The van der Waals surface area contributed by atoms with Crippen LogP contribution in [0.1, 0.15) is 22.5 Å². The molecule has 8 heteroatoms. The second-order valence-electron chi connectivity index (χ2n) is 4.18. The number of aromatic nitrogens is 1. The molecule has 0 aliphatic rings. The number of hydrogen-bond acceptors (Lipinski definition) is 4. The summed E-state index contributed by atoms with van der Waals surface area (Å²) in [7, 11) is 0. The molecule has 0 saturated carbocycles. The monoisotopic (exact) mass is 303 g/mol. The maximum atomic E-state index is 12.0. The number of thiophene rings is 1. The average Bonchev–Trinajstić information content (AvgIpc) is 2.72. The molecule has 2 aromatic heterocycles. The van der Waals surface area contributed by atoms with E-state index in [1.165, 1.54) is 0 Å². The molecule has 0 aliphatic heterocycles. The Morgan fingerprint density at radius 3 is 2.85 bits per heavy atom. The number of carbonyl (C=O) groups excluding carboxylic acids is 1. The van der Waals surface area contributed by atoms with Gasteiger partial charge in [-0.1, -0.05) is 0 Å². The van der Waals surface area contributed by atoms with Crippen LogP contribution in [0.15, 0.2) is 18.3 Å². The van der Waals surface area contributed by atoms with Gasteiger partial charge in [0.25, 0.3) is 5.91 Å². The van der Waals surface area contributed by atoms with Gasteiger partial charge >= 0.3 is 6.18 Å². The Hall–Kier alpha value is -1.83. The number of fused-ring (bicyclic) bond motifs is 1. The quantitative estimate of drug-likeness (QED) is 0.853. The van der Waals surface area contributed by atoms with Crippen LogP contribution in [-0.4, -0.2) is 23.6 Å². The number of pyridine rings is 1. The molecule has 0 atom stereocenters. The van der Waals surface area contributed by atoms with E-state index in [-0.39, 0.29) is 17.8 Å². The zero-order valence-corrected chi connectivity index (χ0v) is 11.1. The van der Waals surface area contributed by atoms with Crippen molar-refractivity contribution in [3.8, 4) is 0 Å². The zero-order chi connectivity index (χ0) is 14.8.